The first-order valence-corrected chi connectivity index (χ1v) is 9.15. The number of thiocarbonyl (C=S) groups is 4. The molecule has 0 spiro atoms. The van der Waals surface area contributed by atoms with Gasteiger partial charge in [0.25, 0.3) is 0 Å². The largest absolute Gasteiger partial charge is 4.00 e. The third-order valence-electron chi connectivity index (χ3n) is 1.83. The molecular weight excluding hydrogens is 551 g/mol. The molecule has 0 heterocycles. The van der Waals surface area contributed by atoms with Crippen LogP contribution in [0.5, 0.6) is 0 Å². The quantitative estimate of drug-likeness (QED) is 0.200. The minimum Gasteiger partial charge on any atom is -0.412 e. The molecule has 2 atom stereocenters. The second kappa shape index (κ2) is 18.0. The van der Waals surface area contributed by atoms with Crippen LogP contribution in [0.15, 0.2) is 0 Å². The van der Waals surface area contributed by atoms with E-state index in [1.165, 1.54) is 0 Å². The molecule has 0 saturated heterocycles. The smallest absolute Gasteiger partial charge is 0.412 e. The molecule has 13 heteroatoms. The molecular formula is C10H16N4S8Sn. The Balaban J connectivity index is -0.000000333. The molecule has 0 radical (unpaired) electrons. The zero-order valence-corrected chi connectivity index (χ0v) is 21.7. The molecule has 0 aromatic rings. The van der Waals surface area contributed by atoms with Gasteiger partial charge in [0, 0.05) is 25.2 Å². The summed E-state index contributed by atoms with van der Waals surface area (Å²) in [5.41, 5.74) is 0. The van der Waals surface area contributed by atoms with E-state index in [0.29, 0.717) is 30.4 Å². The average Bonchev–Trinajstić information content (AvgIpc) is 2.33. The first-order valence-electron chi connectivity index (χ1n) is 5.89. The van der Waals surface area contributed by atoms with Crippen LogP contribution in [0.1, 0.15) is 13.8 Å². The van der Waals surface area contributed by atoms with E-state index in [9.17, 15) is 0 Å². The molecule has 0 aliphatic rings. The van der Waals surface area contributed by atoms with Gasteiger partial charge in [0.1, 0.15) is 0 Å². The number of hydrogen-bond donors (Lipinski definition) is 4. The molecule has 0 aromatic heterocycles. The van der Waals surface area contributed by atoms with Crippen LogP contribution in [-0.2, 0) is 50.5 Å². The summed E-state index contributed by atoms with van der Waals surface area (Å²) in [5, 5.41) is 11.4. The van der Waals surface area contributed by atoms with E-state index in [1.54, 1.807) is 0 Å². The maximum absolute atomic E-state index is 4.67. The summed E-state index contributed by atoms with van der Waals surface area (Å²) >= 11 is 37.3. The molecule has 2 unspecified atom stereocenters. The fourth-order valence-corrected chi connectivity index (χ4v) is 2.12. The third kappa shape index (κ3) is 28.3. The molecule has 0 saturated carbocycles. The molecule has 0 aliphatic heterocycles. The van der Waals surface area contributed by atoms with E-state index in [4.69, 9.17) is 0 Å². The van der Waals surface area contributed by atoms with Crippen molar-refractivity contribution < 1.29 is 0 Å². The second-order valence-corrected chi connectivity index (χ2v) is 8.30. The van der Waals surface area contributed by atoms with Crippen LogP contribution >= 0.6 is 48.9 Å². The van der Waals surface area contributed by atoms with Crippen molar-refractivity contribution in [1.82, 2.24) is 21.3 Å². The van der Waals surface area contributed by atoms with Crippen LogP contribution in [0.2, 0.25) is 0 Å². The molecule has 0 rings (SSSR count). The summed E-state index contributed by atoms with van der Waals surface area (Å²) in [4.78, 5) is 0. The third-order valence-corrected chi connectivity index (χ3v) is 2.88. The van der Waals surface area contributed by atoms with Gasteiger partial charge in [-0.2, -0.15) is 0 Å². The molecule has 0 aromatic carbocycles. The van der Waals surface area contributed by atoms with Gasteiger partial charge in [-0.3, -0.25) is 0 Å². The van der Waals surface area contributed by atoms with Crippen LogP contribution in [0.25, 0.3) is 0 Å². The van der Waals surface area contributed by atoms with Gasteiger partial charge in [-0.15, -0.1) is 0 Å². The van der Waals surface area contributed by atoms with Crippen molar-refractivity contribution in [2.75, 3.05) is 13.1 Å². The first-order chi connectivity index (χ1) is 10.0. The summed E-state index contributed by atoms with van der Waals surface area (Å²) in [7, 11) is 0. The Bertz CT molecular complexity index is 359. The molecule has 0 bridgehead atoms. The Morgan fingerprint density at radius 1 is 0.696 bits per heavy atom. The molecule has 0 aliphatic carbocycles. The SMILES string of the molecule is CC(CNC(=S)[S-])NC(=S)[S-].CC(CNC(=S)[S-])NC(=S)[S-].[Sn+4]. The fraction of sp³-hybridized carbons (Fsp3) is 0.600. The second-order valence-electron chi connectivity index (χ2n) is 4.00. The summed E-state index contributed by atoms with van der Waals surface area (Å²) < 4.78 is 1.48. The number of hydrogen-bond acceptors (Lipinski definition) is 8. The maximum Gasteiger partial charge on any atom is 4.00 e. The minimum absolute atomic E-state index is 0. The van der Waals surface area contributed by atoms with Gasteiger partial charge in [0.15, 0.2) is 0 Å². The topological polar surface area (TPSA) is 48.1 Å². The van der Waals surface area contributed by atoms with Crippen molar-refractivity contribution in [2.45, 2.75) is 25.9 Å². The molecule has 4 nitrogen and oxygen atoms in total. The molecule has 0 fully saturated rings. The van der Waals surface area contributed by atoms with Crippen molar-refractivity contribution in [3.05, 3.63) is 0 Å². The van der Waals surface area contributed by atoms with E-state index in [1.807, 2.05) is 13.8 Å². The monoisotopic (exact) mass is 568 g/mol. The van der Waals surface area contributed by atoms with Crippen molar-refractivity contribution in [2.24, 2.45) is 0 Å². The Kier molecular flexibility index (Phi) is 22.8. The number of rotatable bonds is 6. The van der Waals surface area contributed by atoms with Gasteiger partial charge in [-0.05, 0) is 13.8 Å². The zero-order valence-electron chi connectivity index (χ0n) is 12.3. The van der Waals surface area contributed by atoms with Crippen molar-refractivity contribution >= 4 is 141 Å². The molecule has 23 heavy (non-hydrogen) atoms. The maximum atomic E-state index is 4.67. The standard InChI is InChI=1S/2C5H10N2S4.Sn/c2*1-3(7-5(10)11)2-6-4(8)9;/h2*3H,2H2,1H3,(H2,6,8,9)(H2,7,10,11);/q;;+4/p-4. The van der Waals surface area contributed by atoms with Crippen molar-refractivity contribution in [3.8, 4) is 0 Å². The molecule has 0 amide bonds. The van der Waals surface area contributed by atoms with E-state index in [2.05, 4.69) is 121 Å². The van der Waals surface area contributed by atoms with Gasteiger partial charge in [-0.25, -0.2) is 0 Å². The Labute approximate surface area is 198 Å². The average molecular weight is 568 g/mol. The van der Waals surface area contributed by atoms with Gasteiger partial charge in [0.05, 0.1) is 0 Å². The van der Waals surface area contributed by atoms with Gasteiger partial charge in [0.2, 0.25) is 0 Å². The van der Waals surface area contributed by atoms with Crippen LogP contribution in [0.3, 0.4) is 0 Å². The van der Waals surface area contributed by atoms with E-state index >= 15 is 0 Å². The molecule has 128 valence electrons. The van der Waals surface area contributed by atoms with Crippen molar-refractivity contribution in [1.29, 1.82) is 0 Å². The van der Waals surface area contributed by atoms with Crippen LogP contribution in [0, 0.1) is 0 Å². The molecule has 4 N–H and O–H groups in total. The van der Waals surface area contributed by atoms with Gasteiger partial charge < -0.3 is 121 Å². The van der Waals surface area contributed by atoms with Crippen molar-refractivity contribution in [3.63, 3.8) is 0 Å². The number of nitrogens with one attached hydrogen (secondary N) is 4. The summed E-state index contributed by atoms with van der Waals surface area (Å²) in [6, 6.07) is 0.335. The van der Waals surface area contributed by atoms with Gasteiger partial charge >= 0.3 is 23.9 Å². The predicted octanol–water partition coefficient (Wildman–Crippen LogP) is 0.0546. The first kappa shape index (κ1) is 29.0. The van der Waals surface area contributed by atoms with E-state index in [-0.39, 0.29) is 36.0 Å². The van der Waals surface area contributed by atoms with Crippen LogP contribution in [-0.4, -0.2) is 66.4 Å². The summed E-state index contributed by atoms with van der Waals surface area (Å²) in [6.07, 6.45) is 0. The van der Waals surface area contributed by atoms with Gasteiger partial charge in [-0.1, -0.05) is 17.3 Å². The predicted molar refractivity (Wildman–Crippen MR) is 127 cm³/mol. The normalized spacial score (nSPS) is 11.2. The Morgan fingerprint density at radius 2 is 0.957 bits per heavy atom. The minimum atomic E-state index is 0. The summed E-state index contributed by atoms with van der Waals surface area (Å²) in [5.74, 6) is 0. The van der Waals surface area contributed by atoms with E-state index in [0.717, 1.165) is 0 Å². The zero-order chi connectivity index (χ0) is 17.7. The summed E-state index contributed by atoms with van der Waals surface area (Å²) in [6.45, 7) is 5.19. The Hall–Kier alpha value is 1.24. The van der Waals surface area contributed by atoms with Crippen LogP contribution in [0.4, 0.5) is 0 Å². The van der Waals surface area contributed by atoms with E-state index < -0.39 is 0 Å². The fourth-order valence-electron chi connectivity index (χ4n) is 0.977. The Morgan fingerprint density at radius 3 is 1.13 bits per heavy atom. The van der Waals surface area contributed by atoms with Crippen LogP contribution < -0.4 is 21.3 Å².